The van der Waals surface area contributed by atoms with Crippen molar-refractivity contribution in [1.29, 1.82) is 0 Å². The van der Waals surface area contributed by atoms with Gasteiger partial charge in [0.05, 0.1) is 13.2 Å². The fraction of sp³-hybridized carbons (Fsp3) is 1.00. The summed E-state index contributed by atoms with van der Waals surface area (Å²) in [6.07, 6.45) is -4.66. The van der Waals surface area contributed by atoms with Crippen LogP contribution in [0.3, 0.4) is 0 Å². The lowest BCUT2D eigenvalue weighted by molar-refractivity contribution is -0.0388. The van der Waals surface area contributed by atoms with Crippen molar-refractivity contribution >= 4 is 7.82 Å². The van der Waals surface area contributed by atoms with Crippen molar-refractivity contribution in [3.05, 3.63) is 0 Å². The number of hydrogen-bond acceptors (Lipinski definition) is 6. The molecule has 1 rings (SSSR count). The van der Waals surface area contributed by atoms with Gasteiger partial charge in [0.2, 0.25) is 0 Å². The minimum Gasteiger partial charge on any atom is -0.394 e. The lowest BCUT2D eigenvalue weighted by Gasteiger charge is -2.14. The van der Waals surface area contributed by atoms with Gasteiger partial charge in [0.15, 0.2) is 0 Å². The number of aliphatic hydroxyl groups is 3. The fourth-order valence-corrected chi connectivity index (χ4v) is 1.63. The second-order valence-electron chi connectivity index (χ2n) is 3.16. The molecule has 0 spiro atoms. The summed E-state index contributed by atoms with van der Waals surface area (Å²) >= 11 is 0. The van der Waals surface area contributed by atoms with E-state index in [1.54, 1.807) is 0 Å². The molecule has 9 heteroatoms. The van der Waals surface area contributed by atoms with Crippen LogP contribution in [0.5, 0.6) is 0 Å². The molecule has 0 aromatic carbocycles. The van der Waals surface area contributed by atoms with Crippen LogP contribution in [0.1, 0.15) is 0 Å². The summed E-state index contributed by atoms with van der Waals surface area (Å²) in [5, 5.41) is 27.3. The predicted octanol–water partition coefficient (Wildman–Crippen LogP) is -2.42. The number of aliphatic hydroxyl groups excluding tert-OH is 3. The third-order valence-electron chi connectivity index (χ3n) is 2.05. The second kappa shape index (κ2) is 4.86. The molecule has 8 nitrogen and oxygen atoms in total. The maximum Gasteiger partial charge on any atom is 0.469 e. The van der Waals surface area contributed by atoms with Crippen LogP contribution >= 0.6 is 7.82 Å². The molecule has 0 amide bonds. The van der Waals surface area contributed by atoms with E-state index < -0.39 is 45.5 Å². The maximum atomic E-state index is 10.4. The van der Waals surface area contributed by atoms with E-state index in [9.17, 15) is 14.8 Å². The van der Waals surface area contributed by atoms with E-state index in [1.165, 1.54) is 0 Å². The molecule has 0 unspecified atom stereocenters. The first-order valence-corrected chi connectivity index (χ1v) is 5.70. The van der Waals surface area contributed by atoms with Gasteiger partial charge in [0, 0.05) is 0 Å². The van der Waals surface area contributed by atoms with Crippen molar-refractivity contribution in [2.45, 2.75) is 24.4 Å². The molecule has 1 saturated heterocycles. The lowest BCUT2D eigenvalue weighted by Crippen LogP contribution is -2.35. The van der Waals surface area contributed by atoms with E-state index in [0.717, 1.165) is 0 Å². The number of ether oxygens (including phenoxy) is 1. The van der Waals surface area contributed by atoms with Crippen LogP contribution in [-0.2, 0) is 13.8 Å². The number of rotatable bonds is 4. The average Bonchev–Trinajstić information content (AvgIpc) is 2.40. The normalized spacial score (nSPS) is 37.1. The molecule has 1 aliphatic rings. The van der Waals surface area contributed by atoms with E-state index in [-0.39, 0.29) is 0 Å². The van der Waals surface area contributed by atoms with Gasteiger partial charge in [-0.25, -0.2) is 4.57 Å². The summed E-state index contributed by atoms with van der Waals surface area (Å²) in [5.41, 5.74) is 0. The topological polar surface area (TPSA) is 137 Å². The minimum absolute atomic E-state index is 0.495. The molecule has 0 saturated carbocycles. The highest BCUT2D eigenvalue weighted by Gasteiger charge is 2.43. The summed E-state index contributed by atoms with van der Waals surface area (Å²) < 4.78 is 19.4. The monoisotopic (exact) mass is 244 g/mol. The molecular weight excluding hydrogens is 231 g/mol. The van der Waals surface area contributed by atoms with Gasteiger partial charge in [-0.1, -0.05) is 0 Å². The second-order valence-corrected chi connectivity index (χ2v) is 4.40. The van der Waals surface area contributed by atoms with Crippen LogP contribution in [0.4, 0.5) is 0 Å². The molecule has 0 radical (unpaired) electrons. The lowest BCUT2D eigenvalue weighted by atomic mass is 10.1. The van der Waals surface area contributed by atoms with Crippen molar-refractivity contribution < 1.29 is 38.9 Å². The van der Waals surface area contributed by atoms with E-state index in [2.05, 4.69) is 4.52 Å². The van der Waals surface area contributed by atoms with Gasteiger partial charge in [-0.3, -0.25) is 4.52 Å². The molecule has 90 valence electrons. The molecule has 0 aliphatic carbocycles. The number of phosphoric acid groups is 1. The smallest absolute Gasteiger partial charge is 0.394 e. The van der Waals surface area contributed by atoms with E-state index in [0.29, 0.717) is 0 Å². The highest BCUT2D eigenvalue weighted by atomic mass is 31.2. The Bertz CT molecular complexity index is 252. The molecule has 5 N–H and O–H groups in total. The third kappa shape index (κ3) is 3.47. The van der Waals surface area contributed by atoms with Crippen molar-refractivity contribution in [3.63, 3.8) is 0 Å². The van der Waals surface area contributed by atoms with Gasteiger partial charge in [0.1, 0.15) is 24.4 Å². The fourth-order valence-electron chi connectivity index (χ4n) is 1.28. The van der Waals surface area contributed by atoms with Gasteiger partial charge in [-0.2, -0.15) is 0 Å². The van der Waals surface area contributed by atoms with Crippen molar-refractivity contribution in [1.82, 2.24) is 0 Å². The van der Waals surface area contributed by atoms with Crippen LogP contribution in [0.2, 0.25) is 0 Å². The highest BCUT2D eigenvalue weighted by molar-refractivity contribution is 7.46. The van der Waals surface area contributed by atoms with Crippen molar-refractivity contribution in [2.24, 2.45) is 0 Å². The summed E-state index contributed by atoms with van der Waals surface area (Å²) in [7, 11) is -4.63. The number of phosphoric ester groups is 1. The van der Waals surface area contributed by atoms with E-state index in [4.69, 9.17) is 19.6 Å². The largest absolute Gasteiger partial charge is 0.469 e. The summed E-state index contributed by atoms with van der Waals surface area (Å²) in [6, 6.07) is 0. The highest BCUT2D eigenvalue weighted by Crippen LogP contribution is 2.37. The van der Waals surface area contributed by atoms with Gasteiger partial charge < -0.3 is 29.8 Å². The Hall–Kier alpha value is -0.0500. The van der Waals surface area contributed by atoms with Crippen LogP contribution in [0.15, 0.2) is 0 Å². The molecule has 4 atom stereocenters. The summed E-state index contributed by atoms with van der Waals surface area (Å²) in [4.78, 5) is 16.8. The van der Waals surface area contributed by atoms with E-state index in [1.807, 2.05) is 0 Å². The molecule has 1 heterocycles. The first-order chi connectivity index (χ1) is 6.85. The zero-order valence-corrected chi connectivity index (χ0v) is 8.53. The molecule has 1 fully saturated rings. The van der Waals surface area contributed by atoms with Crippen molar-refractivity contribution in [2.75, 3.05) is 13.2 Å². The maximum absolute atomic E-state index is 10.4. The first kappa shape index (κ1) is 13.0. The average molecular weight is 244 g/mol. The number of hydrogen-bond donors (Lipinski definition) is 5. The minimum atomic E-state index is -4.63. The van der Waals surface area contributed by atoms with E-state index >= 15 is 0 Å². The standard InChI is InChI=1S/C6H13O8P/c7-1-3-5(8)6(9)4(14-3)2-13-15(10,11)12/h3-9H,1-2H2,(H2,10,11,12)/t3-,4+,5-,6+/m0/s1. The third-order valence-corrected chi connectivity index (χ3v) is 2.53. The Morgan fingerprint density at radius 3 is 2.13 bits per heavy atom. The summed E-state index contributed by atoms with van der Waals surface area (Å²) in [5.74, 6) is 0. The van der Waals surface area contributed by atoms with Crippen molar-refractivity contribution in [3.8, 4) is 0 Å². The van der Waals surface area contributed by atoms with Crippen LogP contribution < -0.4 is 0 Å². The SMILES string of the molecule is O=P(O)(O)OC[C@H]1O[C@@H](CO)[C@H](O)[C@@H]1O. The van der Waals surface area contributed by atoms with Crippen LogP contribution in [0, 0.1) is 0 Å². The van der Waals surface area contributed by atoms with Gasteiger partial charge >= 0.3 is 7.82 Å². The molecule has 0 aromatic rings. The zero-order valence-electron chi connectivity index (χ0n) is 7.63. The van der Waals surface area contributed by atoms with Crippen LogP contribution in [0.25, 0.3) is 0 Å². The Kier molecular flexibility index (Phi) is 4.21. The molecular formula is C6H13O8P. The summed E-state index contributed by atoms with van der Waals surface area (Å²) in [6.45, 7) is -1.05. The molecule has 1 aliphatic heterocycles. The Balaban J connectivity index is 2.47. The predicted molar refractivity (Wildman–Crippen MR) is 45.8 cm³/mol. The Labute approximate surface area is 85.3 Å². The molecule has 0 bridgehead atoms. The molecule has 15 heavy (non-hydrogen) atoms. The molecule has 0 aromatic heterocycles. The first-order valence-electron chi connectivity index (χ1n) is 4.17. The Morgan fingerprint density at radius 2 is 1.73 bits per heavy atom. The Morgan fingerprint density at radius 1 is 1.20 bits per heavy atom. The quantitative estimate of drug-likeness (QED) is 0.344. The van der Waals surface area contributed by atoms with Crippen LogP contribution in [-0.4, -0.2) is 62.7 Å². The van der Waals surface area contributed by atoms with Gasteiger partial charge in [-0.15, -0.1) is 0 Å². The van der Waals surface area contributed by atoms with Gasteiger partial charge in [0.25, 0.3) is 0 Å². The van der Waals surface area contributed by atoms with Gasteiger partial charge in [-0.05, 0) is 0 Å². The zero-order chi connectivity index (χ0) is 11.6.